The lowest BCUT2D eigenvalue weighted by molar-refractivity contribution is -0.138. The van der Waals surface area contributed by atoms with Gasteiger partial charge in [-0.05, 0) is 6.92 Å². The minimum atomic E-state index is -0.563. The van der Waals surface area contributed by atoms with Crippen LogP contribution in [-0.4, -0.2) is 25.2 Å². The summed E-state index contributed by atoms with van der Waals surface area (Å²) in [5.41, 5.74) is 0.330. The number of rotatable bonds is 4. The van der Waals surface area contributed by atoms with Crippen molar-refractivity contribution in [3.8, 4) is 0 Å². The predicted molar refractivity (Wildman–Crippen MR) is 54.3 cm³/mol. The molecule has 0 saturated carbocycles. The monoisotopic (exact) mass is 299 g/mol. The second kappa shape index (κ2) is 6.70. The van der Waals surface area contributed by atoms with Gasteiger partial charge in [0.25, 0.3) is 0 Å². The number of amides is 1. The van der Waals surface area contributed by atoms with E-state index < -0.39 is 12.1 Å². The number of nitrogens with one attached hydrogen (secondary N) is 1. The Morgan fingerprint density at radius 2 is 2.15 bits per heavy atom. The van der Waals surface area contributed by atoms with Gasteiger partial charge in [0.05, 0.1) is 6.54 Å². The first-order chi connectivity index (χ1) is 6.07. The lowest BCUT2D eigenvalue weighted by atomic mass is 10.4. The summed E-state index contributed by atoms with van der Waals surface area (Å²) < 4.78 is 8.95. The van der Waals surface area contributed by atoms with Gasteiger partial charge in [-0.1, -0.05) is 6.58 Å². The molecule has 0 aromatic rings. The highest BCUT2D eigenvalue weighted by Gasteiger charge is 2.03. The van der Waals surface area contributed by atoms with Crippen molar-refractivity contribution < 1.29 is 17.4 Å². The average molecular weight is 299 g/mol. The zero-order valence-electron chi connectivity index (χ0n) is 7.13. The lowest BCUT2D eigenvalue weighted by Gasteiger charge is -2.04. The van der Waals surface area contributed by atoms with E-state index in [1.54, 1.807) is 6.92 Å². The molecule has 1 N–H and O–H groups in total. The van der Waals surface area contributed by atoms with Gasteiger partial charge < -0.3 is 13.1 Å². The first-order valence-corrected chi connectivity index (χ1v) is 4.35. The van der Waals surface area contributed by atoms with Crippen molar-refractivity contribution in [1.82, 2.24) is 5.32 Å². The van der Waals surface area contributed by atoms with Gasteiger partial charge in [0, 0.05) is 5.57 Å². The van der Waals surface area contributed by atoms with Gasteiger partial charge in [-0.15, -0.1) is 0 Å². The minimum absolute atomic E-state index is 0.109. The van der Waals surface area contributed by atoms with Crippen molar-refractivity contribution in [1.29, 1.82) is 0 Å². The number of hydrogen-bond acceptors (Lipinski definition) is 4. The number of carbonyl (C=O) groups excluding carboxylic acids is 2. The summed E-state index contributed by atoms with van der Waals surface area (Å²) in [5, 5.41) is 2.35. The van der Waals surface area contributed by atoms with Gasteiger partial charge in [-0.25, -0.2) is 9.59 Å². The highest BCUT2D eigenvalue weighted by Crippen LogP contribution is 1.91. The van der Waals surface area contributed by atoms with E-state index in [9.17, 15) is 9.59 Å². The highest BCUT2D eigenvalue weighted by atomic mass is 127. The molecule has 0 radical (unpaired) electrons. The molecule has 0 atom stereocenters. The largest absolute Gasteiger partial charge is 0.460 e. The molecule has 6 heteroatoms. The zero-order chi connectivity index (χ0) is 10.3. The third-order valence-electron chi connectivity index (χ3n) is 1.02. The molecular formula is C7H10INO4. The molecular weight excluding hydrogens is 289 g/mol. The summed E-state index contributed by atoms with van der Waals surface area (Å²) in [6.45, 7) is 5.28. The number of carbonyl (C=O) groups is 2. The molecule has 0 aliphatic rings. The van der Waals surface area contributed by atoms with Crippen LogP contribution >= 0.6 is 23.0 Å². The van der Waals surface area contributed by atoms with Crippen molar-refractivity contribution in [2.24, 2.45) is 0 Å². The van der Waals surface area contributed by atoms with Crippen LogP contribution in [-0.2, 0) is 12.6 Å². The molecule has 0 rings (SSSR count). The van der Waals surface area contributed by atoms with Crippen LogP contribution in [0.25, 0.3) is 0 Å². The third-order valence-corrected chi connectivity index (χ3v) is 1.42. The van der Waals surface area contributed by atoms with E-state index in [2.05, 4.69) is 19.7 Å². The van der Waals surface area contributed by atoms with Crippen LogP contribution < -0.4 is 5.32 Å². The lowest BCUT2D eigenvalue weighted by Crippen LogP contribution is -2.26. The SMILES string of the molecule is C=C(C)C(=O)OCCNC(=O)OI. The maximum atomic E-state index is 10.8. The fourth-order valence-corrected chi connectivity index (χ4v) is 0.603. The average Bonchev–Trinajstić information content (AvgIpc) is 2.11. The molecule has 1 amide bonds. The smallest absolute Gasteiger partial charge is 0.416 e. The zero-order valence-corrected chi connectivity index (χ0v) is 9.29. The Morgan fingerprint density at radius 1 is 1.54 bits per heavy atom. The topological polar surface area (TPSA) is 64.6 Å². The Kier molecular flexibility index (Phi) is 6.29. The number of halogens is 1. The number of esters is 1. The fraction of sp³-hybridized carbons (Fsp3) is 0.429. The van der Waals surface area contributed by atoms with Crippen LogP contribution in [0.2, 0.25) is 0 Å². The summed E-state index contributed by atoms with van der Waals surface area (Å²) in [6, 6.07) is 0. The predicted octanol–water partition coefficient (Wildman–Crippen LogP) is 1.18. The van der Waals surface area contributed by atoms with Crippen molar-refractivity contribution in [2.75, 3.05) is 13.2 Å². The Hall–Kier alpha value is -0.790. The van der Waals surface area contributed by atoms with E-state index in [-0.39, 0.29) is 13.2 Å². The Morgan fingerprint density at radius 3 is 2.62 bits per heavy atom. The maximum absolute atomic E-state index is 10.8. The molecule has 74 valence electrons. The summed E-state index contributed by atoms with van der Waals surface area (Å²) >= 11 is 1.46. The van der Waals surface area contributed by atoms with Gasteiger partial charge in [0.1, 0.15) is 6.61 Å². The van der Waals surface area contributed by atoms with Crippen LogP contribution in [0, 0.1) is 0 Å². The number of hydrogen-bond donors (Lipinski definition) is 1. The first-order valence-electron chi connectivity index (χ1n) is 3.47. The Labute approximate surface area is 90.2 Å². The molecule has 0 aromatic heterocycles. The van der Waals surface area contributed by atoms with Gasteiger partial charge >= 0.3 is 12.1 Å². The van der Waals surface area contributed by atoms with Gasteiger partial charge in [0.15, 0.2) is 23.0 Å². The molecule has 0 aliphatic heterocycles. The molecule has 0 bridgehead atoms. The molecule has 5 nitrogen and oxygen atoms in total. The summed E-state index contributed by atoms with van der Waals surface area (Å²) in [5.74, 6) is -0.468. The molecule has 13 heavy (non-hydrogen) atoms. The second-order valence-electron chi connectivity index (χ2n) is 2.21. The molecule has 0 aliphatic carbocycles. The van der Waals surface area contributed by atoms with E-state index in [1.165, 1.54) is 23.0 Å². The summed E-state index contributed by atoms with van der Waals surface area (Å²) in [4.78, 5) is 21.3. The number of ether oxygens (including phenoxy) is 1. The fourth-order valence-electron chi connectivity index (χ4n) is 0.447. The van der Waals surface area contributed by atoms with E-state index in [0.29, 0.717) is 5.57 Å². The van der Waals surface area contributed by atoms with E-state index in [0.717, 1.165) is 0 Å². The first kappa shape index (κ1) is 12.2. The standard InChI is InChI=1S/C7H10INO4/c1-5(2)6(10)12-4-3-9-7(11)13-8/h1,3-4H2,2H3,(H,9,11). The molecule has 0 unspecified atom stereocenters. The van der Waals surface area contributed by atoms with Crippen LogP contribution in [0.3, 0.4) is 0 Å². The molecule has 0 spiro atoms. The maximum Gasteiger partial charge on any atom is 0.416 e. The molecule has 0 aromatic carbocycles. The second-order valence-corrected chi connectivity index (χ2v) is 2.65. The van der Waals surface area contributed by atoms with Gasteiger partial charge in [-0.2, -0.15) is 0 Å². The summed E-state index contributed by atoms with van der Waals surface area (Å²) in [6.07, 6.45) is -0.563. The van der Waals surface area contributed by atoms with Crippen LogP contribution in [0.15, 0.2) is 12.2 Å². The van der Waals surface area contributed by atoms with E-state index in [1.807, 2.05) is 0 Å². The third kappa shape index (κ3) is 6.38. The van der Waals surface area contributed by atoms with Crippen molar-refractivity contribution >= 4 is 35.1 Å². The van der Waals surface area contributed by atoms with E-state index >= 15 is 0 Å². The minimum Gasteiger partial charge on any atom is -0.460 e. The Balaban J connectivity index is 3.41. The highest BCUT2D eigenvalue weighted by molar-refractivity contribution is 14.1. The molecule has 0 saturated heterocycles. The van der Waals surface area contributed by atoms with Gasteiger partial charge in [0.2, 0.25) is 0 Å². The normalized spacial score (nSPS) is 8.77. The van der Waals surface area contributed by atoms with Gasteiger partial charge in [-0.3, -0.25) is 0 Å². The quantitative estimate of drug-likeness (QED) is 0.366. The van der Waals surface area contributed by atoms with Crippen molar-refractivity contribution in [3.05, 3.63) is 12.2 Å². The van der Waals surface area contributed by atoms with Crippen LogP contribution in [0.1, 0.15) is 6.92 Å². The van der Waals surface area contributed by atoms with Crippen molar-refractivity contribution in [3.63, 3.8) is 0 Å². The summed E-state index contributed by atoms with van der Waals surface area (Å²) in [7, 11) is 0. The molecule has 0 fully saturated rings. The molecule has 0 heterocycles. The van der Waals surface area contributed by atoms with E-state index in [4.69, 9.17) is 0 Å². The van der Waals surface area contributed by atoms with Crippen LogP contribution in [0.5, 0.6) is 0 Å². The van der Waals surface area contributed by atoms with Crippen molar-refractivity contribution in [2.45, 2.75) is 6.92 Å². The van der Waals surface area contributed by atoms with Crippen LogP contribution in [0.4, 0.5) is 4.79 Å². The Bertz CT molecular complexity index is 217.